The molecule has 3 aliphatic rings. The molecule has 0 aromatic rings. The molecular weight excluding hydrogens is 569 g/mol. The normalized spacial score (nSPS) is 32.6. The molecule has 0 aromatic carbocycles. The molecular formula is C40H72O2Si2. The fourth-order valence-electron chi connectivity index (χ4n) is 7.62. The van der Waals surface area contributed by atoms with Gasteiger partial charge in [0.1, 0.15) is 0 Å². The predicted molar refractivity (Wildman–Crippen MR) is 199 cm³/mol. The lowest BCUT2D eigenvalue weighted by atomic mass is 9.61. The predicted octanol–water partition coefficient (Wildman–Crippen LogP) is 12.7. The largest absolute Gasteiger partial charge is 0.413 e. The SMILES string of the molecule is C=C1/C(=C/C=C2\CCC[C@]3(C)C([C@H](C)/C=C/[C@H](C)C(C)C)CC[C@@H]23)C[C@@H](O[Si](C)(C)C(C)(C)C)C[C@@H]1O[Si](C)(C)C(C)(C)C. The Morgan fingerprint density at radius 1 is 0.864 bits per heavy atom. The van der Waals surface area contributed by atoms with Gasteiger partial charge in [-0.15, -0.1) is 0 Å². The summed E-state index contributed by atoms with van der Waals surface area (Å²) in [4.78, 5) is 0. The summed E-state index contributed by atoms with van der Waals surface area (Å²) in [6.07, 6.45) is 18.8. The van der Waals surface area contributed by atoms with Gasteiger partial charge in [-0.2, -0.15) is 0 Å². The van der Waals surface area contributed by atoms with Crippen molar-refractivity contribution < 1.29 is 8.85 Å². The Kier molecular flexibility index (Phi) is 11.9. The maximum absolute atomic E-state index is 7.09. The standard InChI is InChI=1S/C40H72O2Si2/c1-28(2)29(3)19-20-30(4)35-23-24-36-32(18-17-25-40(35,36)12)21-22-33-26-34(41-43(13,14)38(6,7)8)27-37(31(33)5)42-44(15,16)39(9,10)11/h19-22,28-30,34-37H,5,17-18,23-27H2,1-4,6-16H3/b20-19+,32-21+,33-22+/t29-,30+,34+,35?,36-,37-,40+/m0/s1. The fraction of sp³-hybridized carbons (Fsp3) is 0.800. The van der Waals surface area contributed by atoms with Crippen LogP contribution >= 0.6 is 0 Å². The van der Waals surface area contributed by atoms with Crippen LogP contribution < -0.4 is 0 Å². The van der Waals surface area contributed by atoms with Crippen LogP contribution in [0.3, 0.4) is 0 Å². The van der Waals surface area contributed by atoms with E-state index < -0.39 is 16.6 Å². The molecule has 3 saturated carbocycles. The Hall–Kier alpha value is -0.686. The molecule has 0 radical (unpaired) electrons. The summed E-state index contributed by atoms with van der Waals surface area (Å²) in [5.74, 6) is 3.47. The fourth-order valence-corrected chi connectivity index (χ4v) is 10.3. The lowest BCUT2D eigenvalue weighted by molar-refractivity contribution is 0.0969. The first-order valence-electron chi connectivity index (χ1n) is 18.1. The van der Waals surface area contributed by atoms with Gasteiger partial charge < -0.3 is 8.85 Å². The van der Waals surface area contributed by atoms with Gasteiger partial charge in [0.05, 0.1) is 12.2 Å². The second kappa shape index (κ2) is 13.8. The van der Waals surface area contributed by atoms with Crippen LogP contribution in [-0.4, -0.2) is 28.8 Å². The summed E-state index contributed by atoms with van der Waals surface area (Å²) in [6, 6.07) is 0. The van der Waals surface area contributed by atoms with Crippen molar-refractivity contribution in [1.82, 2.24) is 0 Å². The van der Waals surface area contributed by atoms with Gasteiger partial charge in [0.2, 0.25) is 0 Å². The van der Waals surface area contributed by atoms with Gasteiger partial charge in [-0.3, -0.25) is 0 Å². The summed E-state index contributed by atoms with van der Waals surface area (Å²) >= 11 is 0. The Morgan fingerprint density at radius 2 is 1.45 bits per heavy atom. The first-order valence-corrected chi connectivity index (χ1v) is 23.9. The number of hydrogen-bond acceptors (Lipinski definition) is 2. The van der Waals surface area contributed by atoms with E-state index in [4.69, 9.17) is 15.4 Å². The summed E-state index contributed by atoms with van der Waals surface area (Å²) in [5.41, 5.74) is 4.64. The molecule has 252 valence electrons. The Bertz CT molecular complexity index is 1100. The third kappa shape index (κ3) is 8.42. The highest BCUT2D eigenvalue weighted by atomic mass is 28.4. The van der Waals surface area contributed by atoms with Crippen molar-refractivity contribution in [2.24, 2.45) is 35.0 Å². The van der Waals surface area contributed by atoms with Crippen LogP contribution in [-0.2, 0) is 8.85 Å². The van der Waals surface area contributed by atoms with Gasteiger partial charge >= 0.3 is 0 Å². The molecule has 0 N–H and O–H groups in total. The first-order chi connectivity index (χ1) is 20.0. The monoisotopic (exact) mass is 641 g/mol. The third-order valence-electron chi connectivity index (χ3n) is 13.2. The van der Waals surface area contributed by atoms with Crippen LogP contribution in [0.25, 0.3) is 0 Å². The summed E-state index contributed by atoms with van der Waals surface area (Å²) < 4.78 is 14.2. The topological polar surface area (TPSA) is 18.5 Å². The van der Waals surface area contributed by atoms with Gasteiger partial charge in [0.25, 0.3) is 0 Å². The number of allylic oxidation sites excluding steroid dienone is 5. The summed E-state index contributed by atoms with van der Waals surface area (Å²) in [6.45, 7) is 40.5. The van der Waals surface area contributed by atoms with Crippen LogP contribution in [0.2, 0.25) is 36.3 Å². The molecule has 44 heavy (non-hydrogen) atoms. The molecule has 4 heteroatoms. The maximum Gasteiger partial charge on any atom is 0.192 e. The Labute approximate surface area is 276 Å². The van der Waals surface area contributed by atoms with E-state index in [1.54, 1.807) is 5.57 Å². The summed E-state index contributed by atoms with van der Waals surface area (Å²) in [5, 5.41) is 0.352. The van der Waals surface area contributed by atoms with Gasteiger partial charge in [0.15, 0.2) is 16.6 Å². The highest BCUT2D eigenvalue weighted by molar-refractivity contribution is 6.74. The van der Waals surface area contributed by atoms with Crippen LogP contribution in [0.1, 0.15) is 121 Å². The van der Waals surface area contributed by atoms with Gasteiger partial charge in [-0.25, -0.2) is 0 Å². The number of rotatable bonds is 9. The van der Waals surface area contributed by atoms with Crippen molar-refractivity contribution in [3.63, 3.8) is 0 Å². The molecule has 3 fully saturated rings. The lowest BCUT2D eigenvalue weighted by Gasteiger charge is -2.45. The van der Waals surface area contributed by atoms with Crippen molar-refractivity contribution in [2.75, 3.05) is 0 Å². The van der Waals surface area contributed by atoms with Gasteiger partial charge in [0, 0.05) is 6.42 Å². The lowest BCUT2D eigenvalue weighted by Crippen LogP contribution is -2.49. The molecule has 2 nitrogen and oxygen atoms in total. The zero-order chi connectivity index (χ0) is 33.5. The molecule has 1 unspecified atom stereocenters. The van der Waals surface area contributed by atoms with E-state index in [9.17, 15) is 0 Å². The minimum absolute atomic E-state index is 0.0393. The molecule has 7 atom stereocenters. The quantitative estimate of drug-likeness (QED) is 0.184. The second-order valence-corrected chi connectivity index (χ2v) is 28.2. The molecule has 0 spiro atoms. The van der Waals surface area contributed by atoms with Crippen molar-refractivity contribution in [3.05, 3.63) is 47.6 Å². The van der Waals surface area contributed by atoms with Crippen molar-refractivity contribution >= 4 is 16.6 Å². The van der Waals surface area contributed by atoms with E-state index in [-0.39, 0.29) is 22.3 Å². The van der Waals surface area contributed by atoms with Gasteiger partial charge in [-0.05, 0) is 121 Å². The molecule has 0 bridgehead atoms. The van der Waals surface area contributed by atoms with E-state index in [1.165, 1.54) is 43.3 Å². The molecule has 3 aliphatic carbocycles. The molecule has 0 heterocycles. The molecule has 0 amide bonds. The zero-order valence-electron chi connectivity index (χ0n) is 31.8. The van der Waals surface area contributed by atoms with Crippen LogP contribution in [0.5, 0.6) is 0 Å². The van der Waals surface area contributed by atoms with Crippen LogP contribution in [0.15, 0.2) is 47.6 Å². The minimum atomic E-state index is -1.96. The van der Waals surface area contributed by atoms with Crippen LogP contribution in [0.4, 0.5) is 0 Å². The van der Waals surface area contributed by atoms with E-state index in [2.05, 4.69) is 127 Å². The van der Waals surface area contributed by atoms with E-state index in [0.29, 0.717) is 29.1 Å². The highest BCUT2D eigenvalue weighted by Crippen LogP contribution is 2.59. The van der Waals surface area contributed by atoms with Gasteiger partial charge in [-0.1, -0.05) is 113 Å². The first kappa shape index (κ1) is 37.8. The van der Waals surface area contributed by atoms with Crippen LogP contribution in [0, 0.1) is 35.0 Å². The van der Waals surface area contributed by atoms with Crippen molar-refractivity contribution in [3.8, 4) is 0 Å². The average Bonchev–Trinajstić information content (AvgIpc) is 3.23. The Morgan fingerprint density at radius 3 is 2.02 bits per heavy atom. The van der Waals surface area contributed by atoms with E-state index >= 15 is 0 Å². The van der Waals surface area contributed by atoms with E-state index in [0.717, 1.165) is 18.8 Å². The van der Waals surface area contributed by atoms with E-state index in [1.807, 2.05) is 0 Å². The third-order valence-corrected chi connectivity index (χ3v) is 22.2. The smallest absolute Gasteiger partial charge is 0.192 e. The average molecular weight is 641 g/mol. The number of hydrogen-bond donors (Lipinski definition) is 0. The molecule has 0 aliphatic heterocycles. The zero-order valence-corrected chi connectivity index (χ0v) is 33.8. The van der Waals surface area contributed by atoms with Crippen molar-refractivity contribution in [2.45, 2.75) is 170 Å². The molecule has 0 saturated heterocycles. The number of fused-ring (bicyclic) bond motifs is 1. The Balaban J connectivity index is 1.90. The molecule has 3 rings (SSSR count). The van der Waals surface area contributed by atoms with Crippen molar-refractivity contribution in [1.29, 1.82) is 0 Å². The molecule has 0 aromatic heterocycles. The maximum atomic E-state index is 7.09. The highest BCUT2D eigenvalue weighted by Gasteiger charge is 2.50. The minimum Gasteiger partial charge on any atom is -0.413 e. The second-order valence-electron chi connectivity index (χ2n) is 18.7. The summed E-state index contributed by atoms with van der Waals surface area (Å²) in [7, 11) is -3.88.